The largest absolute Gasteiger partial charge is 0.333 e. The van der Waals surface area contributed by atoms with E-state index in [0.29, 0.717) is 0 Å². The van der Waals surface area contributed by atoms with Gasteiger partial charge in [-0.15, -0.1) is 0 Å². The molecule has 4 heteroatoms. The normalized spacial score (nSPS) is 21.9. The van der Waals surface area contributed by atoms with E-state index in [1.807, 2.05) is 6.20 Å². The van der Waals surface area contributed by atoms with Crippen molar-refractivity contribution in [3.05, 3.63) is 18.2 Å². The lowest BCUT2D eigenvalue weighted by atomic mass is 10.2. The third-order valence-corrected chi connectivity index (χ3v) is 4.04. The fourth-order valence-corrected chi connectivity index (χ4v) is 2.97. The Hall–Kier alpha value is -0.870. The molecule has 0 spiro atoms. The molecule has 2 aliphatic rings. The predicted molar refractivity (Wildman–Crippen MR) is 67.8 cm³/mol. The number of nitrogens with one attached hydrogen (secondary N) is 1. The van der Waals surface area contributed by atoms with Crippen LogP contribution >= 0.6 is 0 Å². The van der Waals surface area contributed by atoms with Crippen molar-refractivity contribution in [3.63, 3.8) is 0 Å². The maximum absolute atomic E-state index is 4.39. The van der Waals surface area contributed by atoms with E-state index in [9.17, 15) is 0 Å². The number of fused-ring (bicyclic) bond motifs is 1. The van der Waals surface area contributed by atoms with E-state index < -0.39 is 0 Å². The van der Waals surface area contributed by atoms with Gasteiger partial charge in [0.05, 0.1) is 6.54 Å². The van der Waals surface area contributed by atoms with Gasteiger partial charge in [0.15, 0.2) is 0 Å². The van der Waals surface area contributed by atoms with Crippen LogP contribution in [0.2, 0.25) is 0 Å². The fourth-order valence-electron chi connectivity index (χ4n) is 2.97. The molecule has 0 saturated heterocycles. The minimum Gasteiger partial charge on any atom is -0.333 e. The second-order valence-electron chi connectivity index (χ2n) is 5.25. The van der Waals surface area contributed by atoms with Gasteiger partial charge in [-0.3, -0.25) is 4.90 Å². The van der Waals surface area contributed by atoms with Crippen molar-refractivity contribution in [1.82, 2.24) is 19.8 Å². The van der Waals surface area contributed by atoms with Crippen LogP contribution in [0.4, 0.5) is 0 Å². The van der Waals surface area contributed by atoms with E-state index in [-0.39, 0.29) is 0 Å². The summed E-state index contributed by atoms with van der Waals surface area (Å²) in [6, 6.07) is 0.793. The average Bonchev–Trinajstić information content (AvgIpc) is 2.98. The van der Waals surface area contributed by atoms with Gasteiger partial charge >= 0.3 is 0 Å². The minimum absolute atomic E-state index is 0.793. The third kappa shape index (κ3) is 2.69. The molecule has 3 rings (SSSR count). The zero-order valence-electron chi connectivity index (χ0n) is 10.4. The Morgan fingerprint density at radius 3 is 3.06 bits per heavy atom. The van der Waals surface area contributed by atoms with E-state index in [1.165, 1.54) is 31.5 Å². The highest BCUT2D eigenvalue weighted by Gasteiger charge is 2.17. The standard InChI is InChI=1S/C13H22N4/c1-2-4-12(3-1)14-5-7-16-9-10-17-8-6-15-13(17)11-16/h6,8,12,14H,1-5,7,9-11H2. The van der Waals surface area contributed by atoms with Gasteiger partial charge in [-0.1, -0.05) is 12.8 Å². The molecule has 1 aliphatic carbocycles. The van der Waals surface area contributed by atoms with Gasteiger partial charge in [0.1, 0.15) is 5.82 Å². The van der Waals surface area contributed by atoms with Gasteiger partial charge in [0, 0.05) is 44.6 Å². The summed E-state index contributed by atoms with van der Waals surface area (Å²) in [6.07, 6.45) is 9.59. The molecule has 94 valence electrons. The van der Waals surface area contributed by atoms with Crippen molar-refractivity contribution < 1.29 is 0 Å². The zero-order chi connectivity index (χ0) is 11.5. The van der Waals surface area contributed by atoms with Gasteiger partial charge in [-0.2, -0.15) is 0 Å². The molecule has 1 fully saturated rings. The Labute approximate surface area is 103 Å². The van der Waals surface area contributed by atoms with Crippen LogP contribution in [0.5, 0.6) is 0 Å². The van der Waals surface area contributed by atoms with Crippen LogP contribution in [0, 0.1) is 0 Å². The molecule has 1 aromatic heterocycles. The predicted octanol–water partition coefficient (Wildman–Crippen LogP) is 1.23. The van der Waals surface area contributed by atoms with Gasteiger partial charge in [-0.05, 0) is 12.8 Å². The first-order chi connectivity index (χ1) is 8.42. The molecular weight excluding hydrogens is 212 g/mol. The topological polar surface area (TPSA) is 33.1 Å². The molecule has 0 unspecified atom stereocenters. The lowest BCUT2D eigenvalue weighted by Crippen LogP contribution is -2.40. The minimum atomic E-state index is 0.793. The molecule has 1 saturated carbocycles. The van der Waals surface area contributed by atoms with E-state index in [4.69, 9.17) is 0 Å². The molecule has 0 bridgehead atoms. The van der Waals surface area contributed by atoms with Crippen molar-refractivity contribution >= 4 is 0 Å². The summed E-state index contributed by atoms with van der Waals surface area (Å²) in [5.41, 5.74) is 0. The summed E-state index contributed by atoms with van der Waals surface area (Å²) >= 11 is 0. The fraction of sp³-hybridized carbons (Fsp3) is 0.769. The molecule has 1 aliphatic heterocycles. The number of imidazole rings is 1. The van der Waals surface area contributed by atoms with Crippen molar-refractivity contribution in [2.75, 3.05) is 19.6 Å². The van der Waals surface area contributed by atoms with Gasteiger partial charge in [-0.25, -0.2) is 4.98 Å². The maximum atomic E-state index is 4.39. The number of nitrogens with zero attached hydrogens (tertiary/aromatic N) is 3. The zero-order valence-corrected chi connectivity index (χ0v) is 10.4. The summed E-state index contributed by atoms with van der Waals surface area (Å²) in [6.45, 7) is 5.56. The van der Waals surface area contributed by atoms with Crippen LogP contribution in [-0.4, -0.2) is 40.1 Å². The third-order valence-electron chi connectivity index (χ3n) is 4.04. The smallest absolute Gasteiger partial charge is 0.122 e. The molecule has 2 heterocycles. The van der Waals surface area contributed by atoms with Crippen LogP contribution in [-0.2, 0) is 13.1 Å². The molecule has 4 nitrogen and oxygen atoms in total. The maximum Gasteiger partial charge on any atom is 0.122 e. The molecule has 0 radical (unpaired) electrons. The molecule has 1 N–H and O–H groups in total. The van der Waals surface area contributed by atoms with Crippen molar-refractivity contribution in [3.8, 4) is 0 Å². The van der Waals surface area contributed by atoms with Crippen molar-refractivity contribution in [1.29, 1.82) is 0 Å². The Morgan fingerprint density at radius 2 is 2.18 bits per heavy atom. The monoisotopic (exact) mass is 234 g/mol. The molecule has 1 aromatic rings. The van der Waals surface area contributed by atoms with E-state index >= 15 is 0 Å². The number of aromatic nitrogens is 2. The Bertz CT molecular complexity index is 354. The summed E-state index contributed by atoms with van der Waals surface area (Å²) in [5, 5.41) is 3.68. The van der Waals surface area contributed by atoms with E-state index in [2.05, 4.69) is 26.0 Å². The van der Waals surface area contributed by atoms with Crippen LogP contribution in [0.15, 0.2) is 12.4 Å². The first kappa shape index (κ1) is 11.2. The Kier molecular flexibility index (Phi) is 3.43. The van der Waals surface area contributed by atoms with E-state index in [0.717, 1.165) is 38.8 Å². The molecular formula is C13H22N4. The summed E-state index contributed by atoms with van der Waals surface area (Å²) in [5.74, 6) is 1.22. The lowest BCUT2D eigenvalue weighted by Gasteiger charge is -2.28. The number of hydrogen-bond donors (Lipinski definition) is 1. The van der Waals surface area contributed by atoms with Crippen LogP contribution in [0.25, 0.3) is 0 Å². The number of rotatable bonds is 4. The second kappa shape index (κ2) is 5.19. The van der Waals surface area contributed by atoms with Crippen LogP contribution < -0.4 is 5.32 Å². The van der Waals surface area contributed by atoms with E-state index in [1.54, 1.807) is 0 Å². The SMILES string of the molecule is c1cn2c(n1)CN(CCNC1CCCC1)CC2. The highest BCUT2D eigenvalue weighted by atomic mass is 15.2. The molecule has 17 heavy (non-hydrogen) atoms. The first-order valence-electron chi connectivity index (χ1n) is 6.87. The molecule has 0 aromatic carbocycles. The molecule has 0 atom stereocenters. The molecule has 0 amide bonds. The summed E-state index contributed by atoms with van der Waals surface area (Å²) in [4.78, 5) is 6.90. The number of hydrogen-bond acceptors (Lipinski definition) is 3. The lowest BCUT2D eigenvalue weighted by molar-refractivity contribution is 0.215. The first-order valence-corrected chi connectivity index (χ1v) is 6.87. The van der Waals surface area contributed by atoms with Gasteiger partial charge in [0.2, 0.25) is 0 Å². The highest BCUT2D eigenvalue weighted by Crippen LogP contribution is 2.17. The van der Waals surface area contributed by atoms with Crippen LogP contribution in [0.3, 0.4) is 0 Å². The summed E-state index contributed by atoms with van der Waals surface area (Å²) in [7, 11) is 0. The average molecular weight is 234 g/mol. The summed E-state index contributed by atoms with van der Waals surface area (Å²) < 4.78 is 2.26. The van der Waals surface area contributed by atoms with Crippen molar-refractivity contribution in [2.45, 2.75) is 44.8 Å². The second-order valence-corrected chi connectivity index (χ2v) is 5.25. The highest BCUT2D eigenvalue weighted by molar-refractivity contribution is 4.95. The van der Waals surface area contributed by atoms with Gasteiger partial charge in [0.25, 0.3) is 0 Å². The Balaban J connectivity index is 1.41. The quantitative estimate of drug-likeness (QED) is 0.850. The van der Waals surface area contributed by atoms with Gasteiger partial charge < -0.3 is 9.88 Å². The van der Waals surface area contributed by atoms with Crippen molar-refractivity contribution in [2.24, 2.45) is 0 Å². The van der Waals surface area contributed by atoms with Crippen LogP contribution in [0.1, 0.15) is 31.5 Å². The Morgan fingerprint density at radius 1 is 1.29 bits per heavy atom.